The first-order chi connectivity index (χ1) is 43.3. The van der Waals surface area contributed by atoms with Crippen LogP contribution >= 0.6 is 0 Å². The van der Waals surface area contributed by atoms with Crippen molar-refractivity contribution in [3.05, 3.63) is 181 Å². The number of phenolic OH excluding ortho intramolecular Hbond substituents is 6. The summed E-state index contributed by atoms with van der Waals surface area (Å²) in [4.78, 5) is 0. The van der Waals surface area contributed by atoms with Gasteiger partial charge < -0.3 is 40.1 Å². The summed E-state index contributed by atoms with van der Waals surface area (Å²) in [5.41, 5.74) is 16.3. The van der Waals surface area contributed by atoms with Crippen LogP contribution in [0.5, 0.6) is 46.0 Å². The third-order valence-electron chi connectivity index (χ3n) is 16.3. The average Bonchev–Trinajstić information content (AvgIpc) is 0.889. The van der Waals surface area contributed by atoms with E-state index in [1.807, 2.05) is 18.2 Å². The Bertz CT molecular complexity index is 3000. The molecule has 0 amide bonds. The van der Waals surface area contributed by atoms with E-state index in [9.17, 15) is 30.6 Å². The molecule has 0 spiro atoms. The fourth-order valence-electron chi connectivity index (χ4n) is 10.6. The van der Waals surface area contributed by atoms with E-state index in [4.69, 9.17) is 9.47 Å². The minimum Gasteiger partial charge on any atom is -0.508 e. The molecule has 8 nitrogen and oxygen atoms in total. The molecule has 504 valence electrons. The molecule has 5 rings (SSSR count). The highest BCUT2D eigenvalue weighted by Crippen LogP contribution is 2.40. The van der Waals surface area contributed by atoms with Crippen molar-refractivity contribution in [2.75, 3.05) is 7.11 Å². The molecule has 1 aliphatic heterocycles. The van der Waals surface area contributed by atoms with Gasteiger partial charge >= 0.3 is 0 Å². The predicted molar refractivity (Wildman–Crippen MR) is 391 cm³/mol. The van der Waals surface area contributed by atoms with Crippen molar-refractivity contribution in [2.24, 2.45) is 0 Å². The third-order valence-corrected chi connectivity index (χ3v) is 16.3. The van der Waals surface area contributed by atoms with Gasteiger partial charge in [-0.3, -0.25) is 0 Å². The highest BCUT2D eigenvalue weighted by Gasteiger charge is 2.28. The Kier molecular flexibility index (Phi) is 39.4. The molecule has 0 fully saturated rings. The van der Waals surface area contributed by atoms with Gasteiger partial charge in [-0.05, 0) is 282 Å². The number of aromatic hydroxyl groups is 6. The van der Waals surface area contributed by atoms with Gasteiger partial charge in [0.25, 0.3) is 0 Å². The van der Waals surface area contributed by atoms with Crippen LogP contribution in [-0.4, -0.2) is 43.4 Å². The number of ether oxygens (including phenoxy) is 2. The Morgan fingerprint density at radius 2 is 0.747 bits per heavy atom. The SMILES string of the molecule is CCCCCc1cc(O)c(C/C=C(\C)CCC=C(C)C)c(O)c1.CCCCCc1cc(O)c(C/C=C(\C)CCC=C(C)C)c(OC)c1.CCCCCc1cc(O)c2c(c1)OC(C)(CCC=C(C)C)C=C2.CCCc1cc(O)c(C/C=C(\C)CCC=C(C)C)c(O)c1. The molecule has 0 saturated carbocycles. The normalized spacial score (nSPS) is 13.4. The minimum atomic E-state index is -0.298. The Balaban J connectivity index is 0.000000414. The maximum Gasteiger partial charge on any atom is 0.131 e. The maximum absolute atomic E-state index is 10.4. The Hall–Kier alpha value is -6.80. The van der Waals surface area contributed by atoms with Crippen LogP contribution in [0.15, 0.2) is 136 Å². The van der Waals surface area contributed by atoms with Crippen molar-refractivity contribution < 1.29 is 40.1 Å². The van der Waals surface area contributed by atoms with Crippen molar-refractivity contribution in [1.82, 2.24) is 0 Å². The number of allylic oxidation sites excluding steroid dienone is 14. The van der Waals surface area contributed by atoms with Gasteiger partial charge in [-0.2, -0.15) is 0 Å². The number of benzene rings is 4. The van der Waals surface area contributed by atoms with Gasteiger partial charge in [0.2, 0.25) is 0 Å². The van der Waals surface area contributed by atoms with E-state index in [1.54, 1.807) is 31.4 Å². The summed E-state index contributed by atoms with van der Waals surface area (Å²) in [7, 11) is 1.68. The molecule has 0 saturated heterocycles. The number of fused-ring (bicyclic) bond motifs is 1. The molecule has 91 heavy (non-hydrogen) atoms. The van der Waals surface area contributed by atoms with Gasteiger partial charge in [0.1, 0.15) is 51.6 Å². The zero-order valence-corrected chi connectivity index (χ0v) is 60.0. The molecule has 6 N–H and O–H groups in total. The molecule has 1 unspecified atom stereocenters. The van der Waals surface area contributed by atoms with Crippen molar-refractivity contribution >= 4 is 6.08 Å². The molecule has 4 aromatic carbocycles. The molecular weight excluding hydrogens is 1120 g/mol. The molecular formula is C83H124O8. The number of unbranched alkanes of at least 4 members (excludes halogenated alkanes) is 6. The highest BCUT2D eigenvalue weighted by molar-refractivity contribution is 5.68. The highest BCUT2D eigenvalue weighted by atomic mass is 16.5. The summed E-state index contributed by atoms with van der Waals surface area (Å²) in [6.45, 7) is 34.1. The molecule has 0 radical (unpaired) electrons. The lowest BCUT2D eigenvalue weighted by Gasteiger charge is -2.32. The molecule has 0 aliphatic carbocycles. The van der Waals surface area contributed by atoms with Gasteiger partial charge in [0.05, 0.1) is 12.7 Å². The first-order valence-electron chi connectivity index (χ1n) is 34.5. The monoisotopic (exact) mass is 1250 g/mol. The van der Waals surface area contributed by atoms with Gasteiger partial charge in [-0.15, -0.1) is 0 Å². The van der Waals surface area contributed by atoms with Crippen LogP contribution in [0.1, 0.15) is 271 Å². The number of aryl methyl sites for hydroxylation is 4. The van der Waals surface area contributed by atoms with Crippen molar-refractivity contribution in [2.45, 2.75) is 277 Å². The minimum absolute atomic E-state index is 0.201. The molecule has 1 heterocycles. The fraction of sp³-hybridized carbons (Fsp3) is 0.518. The van der Waals surface area contributed by atoms with Gasteiger partial charge in [-0.25, -0.2) is 0 Å². The van der Waals surface area contributed by atoms with E-state index >= 15 is 0 Å². The Morgan fingerprint density at radius 1 is 0.407 bits per heavy atom. The summed E-state index contributed by atoms with van der Waals surface area (Å²) < 4.78 is 11.8. The summed E-state index contributed by atoms with van der Waals surface area (Å²) in [5.74, 6) is 3.13. The molecule has 0 bridgehead atoms. The summed E-state index contributed by atoms with van der Waals surface area (Å²) in [5, 5.41) is 61.2. The van der Waals surface area contributed by atoms with E-state index in [1.165, 1.54) is 77.5 Å². The third kappa shape index (κ3) is 33.4. The smallest absolute Gasteiger partial charge is 0.131 e. The zero-order valence-electron chi connectivity index (χ0n) is 60.0. The van der Waals surface area contributed by atoms with Crippen LogP contribution in [0.4, 0.5) is 0 Å². The second-order valence-corrected chi connectivity index (χ2v) is 26.5. The number of hydrogen-bond donors (Lipinski definition) is 6. The first-order valence-corrected chi connectivity index (χ1v) is 34.5. The second-order valence-electron chi connectivity index (χ2n) is 26.5. The standard InChI is InChI=1S/C22H34O2.C21H30O2.C21H32O2.C19H28O2/c1-6-7-8-12-19-15-21(23)20(22(16-19)24-5)14-13-18(4)11-9-10-17(2)3;1-5-6-7-10-17-14-19(22)18-11-13-21(4,23-20(18)15-17)12-8-9-16(2)3;1-5-6-7-11-18-14-20(22)19(21(23)15-18)13-12-17(4)10-8-9-16(2)3;1-5-7-16-12-18(20)17(19(21)13-16)11-10-15(4)9-6-8-14(2)3/h10,13,15-16,23H,6-9,11-12,14H2,1-5H3;9,11,13-15,22H,5-8,10,12H2,1-4H3;9,12,14-15,22-23H,5-8,10-11,13H2,1-4H3;8,10,12-13,20-21H,5-7,9,11H2,1-4H3/b18-13+;;17-12+;15-10+. The van der Waals surface area contributed by atoms with E-state index in [0.717, 1.165) is 148 Å². The first kappa shape index (κ1) is 80.3. The maximum atomic E-state index is 10.4. The van der Waals surface area contributed by atoms with Crippen molar-refractivity contribution in [1.29, 1.82) is 0 Å². The summed E-state index contributed by atoms with van der Waals surface area (Å²) in [6, 6.07) is 15.1. The van der Waals surface area contributed by atoms with Crippen LogP contribution < -0.4 is 9.47 Å². The summed E-state index contributed by atoms with van der Waals surface area (Å²) >= 11 is 0. The molecule has 1 atom stereocenters. The zero-order chi connectivity index (χ0) is 67.9. The number of rotatable bonds is 33. The predicted octanol–water partition coefficient (Wildman–Crippen LogP) is 23.8. The van der Waals surface area contributed by atoms with E-state index < -0.39 is 0 Å². The quantitative estimate of drug-likeness (QED) is 0.0205. The van der Waals surface area contributed by atoms with E-state index in [2.05, 4.69) is 172 Å². The number of methoxy groups -OCH3 is 1. The molecule has 0 aromatic heterocycles. The van der Waals surface area contributed by atoms with E-state index in [0.29, 0.717) is 41.9 Å². The Labute approximate surface area is 554 Å². The molecule has 1 aliphatic rings. The largest absolute Gasteiger partial charge is 0.508 e. The lowest BCUT2D eigenvalue weighted by molar-refractivity contribution is 0.128. The van der Waals surface area contributed by atoms with Crippen LogP contribution in [-0.2, 0) is 44.9 Å². The lowest BCUT2D eigenvalue weighted by atomic mass is 9.93. The number of phenols is 6. The topological polar surface area (TPSA) is 140 Å². The Morgan fingerprint density at radius 3 is 1.12 bits per heavy atom. The number of hydrogen-bond acceptors (Lipinski definition) is 8. The lowest BCUT2D eigenvalue weighted by Crippen LogP contribution is -2.31. The van der Waals surface area contributed by atoms with Crippen LogP contribution in [0.3, 0.4) is 0 Å². The second kappa shape index (κ2) is 44.7. The average molecular weight is 1250 g/mol. The van der Waals surface area contributed by atoms with Crippen LogP contribution in [0.2, 0.25) is 0 Å². The van der Waals surface area contributed by atoms with Gasteiger partial charge in [0.15, 0.2) is 0 Å². The van der Waals surface area contributed by atoms with Gasteiger partial charge in [0, 0.05) is 16.7 Å². The van der Waals surface area contributed by atoms with E-state index in [-0.39, 0.29) is 28.6 Å². The van der Waals surface area contributed by atoms with Crippen molar-refractivity contribution in [3.8, 4) is 46.0 Å². The van der Waals surface area contributed by atoms with Gasteiger partial charge in [-0.1, -0.05) is 154 Å². The summed E-state index contributed by atoms with van der Waals surface area (Å²) in [6.07, 6.45) is 44.9. The van der Waals surface area contributed by atoms with Crippen LogP contribution in [0, 0.1) is 0 Å². The van der Waals surface area contributed by atoms with Crippen LogP contribution in [0.25, 0.3) is 6.08 Å². The van der Waals surface area contributed by atoms with Crippen molar-refractivity contribution in [3.63, 3.8) is 0 Å². The fourth-order valence-corrected chi connectivity index (χ4v) is 10.6. The molecule has 8 heteroatoms. The molecule has 4 aromatic rings.